The zero-order valence-corrected chi connectivity index (χ0v) is 13.0. The first-order chi connectivity index (χ1) is 10.3. The van der Waals surface area contributed by atoms with Gasteiger partial charge in [-0.15, -0.1) is 0 Å². The van der Waals surface area contributed by atoms with Gasteiger partial charge >= 0.3 is 0 Å². The van der Waals surface area contributed by atoms with Crippen molar-refractivity contribution in [1.82, 2.24) is 9.97 Å². The van der Waals surface area contributed by atoms with Crippen LogP contribution in [0.5, 0.6) is 5.75 Å². The molecule has 112 valence electrons. The number of hydrogen-bond acceptors (Lipinski definition) is 4. The molecule has 0 unspecified atom stereocenters. The van der Waals surface area contributed by atoms with Gasteiger partial charge in [0.05, 0.1) is 6.61 Å². The van der Waals surface area contributed by atoms with Crippen molar-refractivity contribution in [3.8, 4) is 17.1 Å². The zero-order chi connectivity index (χ0) is 15.1. The van der Waals surface area contributed by atoms with Gasteiger partial charge in [-0.1, -0.05) is 25.5 Å². The van der Waals surface area contributed by atoms with E-state index in [0.29, 0.717) is 6.61 Å². The van der Waals surface area contributed by atoms with Gasteiger partial charge in [-0.2, -0.15) is 0 Å². The predicted molar refractivity (Wildman–Crippen MR) is 86.8 cm³/mol. The number of nitrogens with one attached hydrogen (secondary N) is 1. The Morgan fingerprint density at radius 3 is 2.67 bits per heavy atom. The molecule has 0 aliphatic heterocycles. The SMILES string of the molecule is CCCc1cc(NCC)nc(-c2cccc(OCC)c2)n1. The van der Waals surface area contributed by atoms with Crippen molar-refractivity contribution in [3.63, 3.8) is 0 Å². The lowest BCUT2D eigenvalue weighted by Crippen LogP contribution is -2.04. The van der Waals surface area contributed by atoms with Crippen LogP contribution in [0.25, 0.3) is 11.4 Å². The third kappa shape index (κ3) is 4.18. The average Bonchev–Trinajstić information content (AvgIpc) is 2.48. The van der Waals surface area contributed by atoms with Crippen LogP contribution in [0.1, 0.15) is 32.9 Å². The summed E-state index contributed by atoms with van der Waals surface area (Å²) >= 11 is 0. The average molecular weight is 285 g/mol. The largest absolute Gasteiger partial charge is 0.494 e. The Bertz CT molecular complexity index is 560. The van der Waals surface area contributed by atoms with Gasteiger partial charge in [0.2, 0.25) is 0 Å². The lowest BCUT2D eigenvalue weighted by molar-refractivity contribution is 0.340. The van der Waals surface area contributed by atoms with E-state index in [1.807, 2.05) is 37.3 Å². The number of aryl methyl sites for hydroxylation is 1. The molecule has 0 amide bonds. The second-order valence-electron chi connectivity index (χ2n) is 4.81. The maximum absolute atomic E-state index is 5.55. The van der Waals surface area contributed by atoms with Gasteiger partial charge in [-0.25, -0.2) is 9.97 Å². The Kier molecular flexibility index (Phi) is 5.55. The van der Waals surface area contributed by atoms with Crippen LogP contribution in [0.3, 0.4) is 0 Å². The van der Waals surface area contributed by atoms with Crippen molar-refractivity contribution in [2.24, 2.45) is 0 Å². The first-order valence-electron chi connectivity index (χ1n) is 7.61. The molecule has 0 radical (unpaired) electrons. The molecule has 21 heavy (non-hydrogen) atoms. The summed E-state index contributed by atoms with van der Waals surface area (Å²) in [5, 5.41) is 3.27. The fourth-order valence-corrected chi connectivity index (χ4v) is 2.17. The van der Waals surface area contributed by atoms with E-state index in [-0.39, 0.29) is 0 Å². The minimum absolute atomic E-state index is 0.656. The molecule has 0 saturated heterocycles. The second-order valence-corrected chi connectivity index (χ2v) is 4.81. The van der Waals surface area contributed by atoms with Crippen LogP contribution in [-0.2, 0) is 6.42 Å². The van der Waals surface area contributed by atoms with Crippen LogP contribution in [0.15, 0.2) is 30.3 Å². The summed E-state index contributed by atoms with van der Waals surface area (Å²) < 4.78 is 5.55. The topological polar surface area (TPSA) is 47.0 Å². The summed E-state index contributed by atoms with van der Waals surface area (Å²) in [5.41, 5.74) is 2.05. The smallest absolute Gasteiger partial charge is 0.161 e. The molecule has 4 heteroatoms. The predicted octanol–water partition coefficient (Wildman–Crippen LogP) is 3.93. The van der Waals surface area contributed by atoms with Crippen molar-refractivity contribution >= 4 is 5.82 Å². The molecule has 4 nitrogen and oxygen atoms in total. The molecule has 1 aromatic heterocycles. The molecule has 2 rings (SSSR count). The Hall–Kier alpha value is -2.10. The highest BCUT2D eigenvalue weighted by atomic mass is 16.5. The molecule has 0 saturated carbocycles. The fourth-order valence-electron chi connectivity index (χ4n) is 2.17. The van der Waals surface area contributed by atoms with Gasteiger partial charge in [0, 0.05) is 23.9 Å². The summed E-state index contributed by atoms with van der Waals surface area (Å²) in [5.74, 6) is 2.48. The van der Waals surface area contributed by atoms with Crippen LogP contribution < -0.4 is 10.1 Å². The molecular weight excluding hydrogens is 262 g/mol. The first-order valence-corrected chi connectivity index (χ1v) is 7.61. The van der Waals surface area contributed by atoms with E-state index in [9.17, 15) is 0 Å². The van der Waals surface area contributed by atoms with E-state index in [1.54, 1.807) is 0 Å². The molecule has 0 aliphatic carbocycles. The standard InChI is InChI=1S/C17H23N3O/c1-4-8-14-12-16(18-5-2)20-17(19-14)13-9-7-10-15(11-13)21-6-3/h7,9-12H,4-6,8H2,1-3H3,(H,18,19,20). The first kappa shape index (κ1) is 15.3. The van der Waals surface area contributed by atoms with Gasteiger partial charge in [0.25, 0.3) is 0 Å². The summed E-state index contributed by atoms with van der Waals surface area (Å²) in [6.45, 7) is 7.71. The van der Waals surface area contributed by atoms with Crippen molar-refractivity contribution in [3.05, 3.63) is 36.0 Å². The van der Waals surface area contributed by atoms with E-state index in [4.69, 9.17) is 4.74 Å². The number of ether oxygens (including phenoxy) is 1. The molecule has 1 aromatic carbocycles. The van der Waals surface area contributed by atoms with E-state index in [1.165, 1.54) is 0 Å². The lowest BCUT2D eigenvalue weighted by atomic mass is 10.2. The molecule has 0 atom stereocenters. The van der Waals surface area contributed by atoms with E-state index in [0.717, 1.165) is 48.0 Å². The van der Waals surface area contributed by atoms with Gasteiger partial charge in [0.15, 0.2) is 5.82 Å². The highest BCUT2D eigenvalue weighted by Crippen LogP contribution is 2.23. The molecular formula is C17H23N3O. The Morgan fingerprint density at radius 1 is 1.10 bits per heavy atom. The normalized spacial score (nSPS) is 10.4. The summed E-state index contributed by atoms with van der Waals surface area (Å²) in [6, 6.07) is 9.97. The van der Waals surface area contributed by atoms with Crippen LogP contribution in [0.4, 0.5) is 5.82 Å². The van der Waals surface area contributed by atoms with Gasteiger partial charge in [-0.05, 0) is 32.4 Å². The number of benzene rings is 1. The summed E-state index contributed by atoms with van der Waals surface area (Å²) in [4.78, 5) is 9.27. The quantitative estimate of drug-likeness (QED) is 0.837. The summed E-state index contributed by atoms with van der Waals surface area (Å²) in [6.07, 6.45) is 2.03. The number of aromatic nitrogens is 2. The third-order valence-corrected chi connectivity index (χ3v) is 3.05. The van der Waals surface area contributed by atoms with Crippen LogP contribution >= 0.6 is 0 Å². The minimum atomic E-state index is 0.656. The zero-order valence-electron chi connectivity index (χ0n) is 13.0. The van der Waals surface area contributed by atoms with Gasteiger partial charge in [-0.3, -0.25) is 0 Å². The third-order valence-electron chi connectivity index (χ3n) is 3.05. The highest BCUT2D eigenvalue weighted by molar-refractivity contribution is 5.59. The number of rotatable bonds is 7. The maximum atomic E-state index is 5.55. The molecule has 1 heterocycles. The van der Waals surface area contributed by atoms with Crippen molar-refractivity contribution in [2.45, 2.75) is 33.6 Å². The molecule has 0 bridgehead atoms. The lowest BCUT2D eigenvalue weighted by Gasteiger charge is -2.10. The Morgan fingerprint density at radius 2 is 1.95 bits per heavy atom. The Balaban J connectivity index is 2.38. The molecule has 1 N–H and O–H groups in total. The van der Waals surface area contributed by atoms with Crippen molar-refractivity contribution in [1.29, 1.82) is 0 Å². The molecule has 0 aliphatic rings. The monoisotopic (exact) mass is 285 g/mol. The van der Waals surface area contributed by atoms with Crippen LogP contribution in [0.2, 0.25) is 0 Å². The van der Waals surface area contributed by atoms with Gasteiger partial charge < -0.3 is 10.1 Å². The van der Waals surface area contributed by atoms with E-state index in [2.05, 4.69) is 29.1 Å². The molecule has 0 spiro atoms. The second kappa shape index (κ2) is 7.62. The minimum Gasteiger partial charge on any atom is -0.494 e. The molecule has 0 fully saturated rings. The summed E-state index contributed by atoms with van der Waals surface area (Å²) in [7, 11) is 0. The van der Waals surface area contributed by atoms with Crippen molar-refractivity contribution in [2.75, 3.05) is 18.5 Å². The fraction of sp³-hybridized carbons (Fsp3) is 0.412. The van der Waals surface area contributed by atoms with Crippen LogP contribution in [0, 0.1) is 0 Å². The van der Waals surface area contributed by atoms with Crippen molar-refractivity contribution < 1.29 is 4.74 Å². The maximum Gasteiger partial charge on any atom is 0.161 e. The van der Waals surface area contributed by atoms with Crippen LogP contribution in [-0.4, -0.2) is 23.1 Å². The Labute approximate surface area is 126 Å². The molecule has 2 aromatic rings. The number of hydrogen-bond donors (Lipinski definition) is 1. The number of nitrogens with zero attached hydrogens (tertiary/aromatic N) is 2. The van der Waals surface area contributed by atoms with Gasteiger partial charge in [0.1, 0.15) is 11.6 Å². The van der Waals surface area contributed by atoms with E-state index >= 15 is 0 Å². The number of anilines is 1. The van der Waals surface area contributed by atoms with E-state index < -0.39 is 0 Å². The highest BCUT2D eigenvalue weighted by Gasteiger charge is 2.07.